The number of fused-ring (bicyclic) bond motifs is 1. The molecular weight excluding hydrogens is 386 g/mol. The number of carbonyl (C=O) groups excluding carboxylic acids is 1. The molecule has 0 bridgehead atoms. The molecule has 10 nitrogen and oxygen atoms in total. The van der Waals surface area contributed by atoms with Crippen molar-refractivity contribution in [3.63, 3.8) is 0 Å². The first kappa shape index (κ1) is 18.8. The van der Waals surface area contributed by atoms with Gasteiger partial charge in [0.15, 0.2) is 17.7 Å². The van der Waals surface area contributed by atoms with E-state index in [1.165, 1.54) is 12.7 Å². The zero-order valence-electron chi connectivity index (χ0n) is 17.0. The average molecular weight is 411 g/mol. The smallest absolute Gasteiger partial charge is 0.330 e. The number of anilines is 1. The Kier molecular flexibility index (Phi) is 4.76. The number of aromatic nitrogens is 5. The van der Waals surface area contributed by atoms with Gasteiger partial charge in [0.1, 0.15) is 11.8 Å². The lowest BCUT2D eigenvalue weighted by atomic mass is 10.0. The lowest BCUT2D eigenvalue weighted by Crippen LogP contribution is -2.42. The van der Waals surface area contributed by atoms with E-state index in [0.717, 1.165) is 44.0 Å². The third kappa shape index (κ3) is 3.25. The van der Waals surface area contributed by atoms with Crippen molar-refractivity contribution in [2.45, 2.75) is 50.6 Å². The first-order chi connectivity index (χ1) is 14.6. The van der Waals surface area contributed by atoms with Crippen LogP contribution in [0.4, 0.5) is 5.95 Å². The van der Waals surface area contributed by atoms with Gasteiger partial charge in [0.2, 0.25) is 5.95 Å². The maximum Gasteiger partial charge on any atom is 0.330 e. The van der Waals surface area contributed by atoms with E-state index in [2.05, 4.69) is 15.3 Å². The predicted molar refractivity (Wildman–Crippen MR) is 109 cm³/mol. The van der Waals surface area contributed by atoms with Crippen LogP contribution in [0.25, 0.3) is 11.2 Å². The molecule has 0 aromatic carbocycles. The van der Waals surface area contributed by atoms with Crippen molar-refractivity contribution in [1.29, 1.82) is 0 Å². The van der Waals surface area contributed by atoms with Crippen LogP contribution in [0.15, 0.2) is 28.1 Å². The highest BCUT2D eigenvalue weighted by molar-refractivity contribution is 5.91. The Morgan fingerprint density at radius 1 is 1.17 bits per heavy atom. The Labute approximate surface area is 172 Å². The third-order valence-corrected chi connectivity index (χ3v) is 6.29. The number of nitrogens with one attached hydrogen (secondary N) is 1. The van der Waals surface area contributed by atoms with E-state index in [4.69, 9.17) is 9.40 Å². The molecule has 0 spiro atoms. The molecular formula is C20H25N7O3. The molecule has 5 rings (SSSR count). The number of oxazole rings is 1. The summed E-state index contributed by atoms with van der Waals surface area (Å²) in [6.07, 6.45) is 10.3. The maximum absolute atomic E-state index is 12.8. The summed E-state index contributed by atoms with van der Waals surface area (Å²) in [4.78, 5) is 40.0. The van der Waals surface area contributed by atoms with Gasteiger partial charge in [-0.1, -0.05) is 12.8 Å². The number of imidazole rings is 1. The molecule has 4 heterocycles. The molecule has 30 heavy (non-hydrogen) atoms. The van der Waals surface area contributed by atoms with E-state index in [0.29, 0.717) is 30.4 Å². The molecule has 1 aliphatic heterocycles. The van der Waals surface area contributed by atoms with Gasteiger partial charge in [-0.15, -0.1) is 0 Å². The fourth-order valence-corrected chi connectivity index (χ4v) is 4.59. The van der Waals surface area contributed by atoms with Gasteiger partial charge in [-0.2, -0.15) is 4.98 Å². The van der Waals surface area contributed by atoms with Gasteiger partial charge in [0.05, 0.1) is 6.20 Å². The molecule has 2 fully saturated rings. The van der Waals surface area contributed by atoms with Crippen LogP contribution < -0.4 is 11.0 Å². The van der Waals surface area contributed by atoms with Crippen molar-refractivity contribution < 1.29 is 9.21 Å². The first-order valence-electron chi connectivity index (χ1n) is 10.5. The van der Waals surface area contributed by atoms with E-state index >= 15 is 0 Å². The topological polar surface area (TPSA) is 111 Å². The lowest BCUT2D eigenvalue weighted by molar-refractivity contribution is 0.0712. The Bertz CT molecular complexity index is 1100. The van der Waals surface area contributed by atoms with Crippen LogP contribution in [0.1, 0.15) is 55.1 Å². The number of piperidine rings is 1. The quantitative estimate of drug-likeness (QED) is 0.698. The highest BCUT2D eigenvalue weighted by Crippen LogP contribution is 2.30. The van der Waals surface area contributed by atoms with E-state index < -0.39 is 0 Å². The average Bonchev–Trinajstić information content (AvgIpc) is 3.51. The van der Waals surface area contributed by atoms with Crippen molar-refractivity contribution in [1.82, 2.24) is 29.0 Å². The number of amides is 1. The zero-order valence-corrected chi connectivity index (χ0v) is 17.0. The van der Waals surface area contributed by atoms with Crippen LogP contribution in [0.5, 0.6) is 0 Å². The summed E-state index contributed by atoms with van der Waals surface area (Å²) in [5.74, 6) is 0.422. The highest BCUT2D eigenvalue weighted by Gasteiger charge is 2.27. The van der Waals surface area contributed by atoms with Gasteiger partial charge in [0, 0.05) is 32.2 Å². The molecule has 0 atom stereocenters. The maximum atomic E-state index is 12.8. The van der Waals surface area contributed by atoms with E-state index in [9.17, 15) is 9.59 Å². The summed E-state index contributed by atoms with van der Waals surface area (Å²) >= 11 is 0. The van der Waals surface area contributed by atoms with Crippen LogP contribution in [-0.2, 0) is 7.05 Å². The van der Waals surface area contributed by atoms with Crippen molar-refractivity contribution in [3.05, 3.63) is 35.0 Å². The van der Waals surface area contributed by atoms with E-state index in [1.807, 2.05) is 4.57 Å². The van der Waals surface area contributed by atoms with Crippen LogP contribution in [0.2, 0.25) is 0 Å². The van der Waals surface area contributed by atoms with Crippen molar-refractivity contribution >= 4 is 23.0 Å². The minimum Gasteiger partial charge on any atom is -0.451 e. The molecule has 0 unspecified atom stereocenters. The molecule has 10 heteroatoms. The molecule has 0 radical (unpaired) electrons. The molecule has 3 aromatic rings. The van der Waals surface area contributed by atoms with Gasteiger partial charge in [-0.3, -0.25) is 13.9 Å². The number of likely N-dealkylation sites (tertiary alicyclic amines) is 1. The molecule has 1 aliphatic carbocycles. The monoisotopic (exact) mass is 411 g/mol. The first-order valence-corrected chi connectivity index (χ1v) is 10.5. The molecule has 1 amide bonds. The summed E-state index contributed by atoms with van der Waals surface area (Å²) in [6, 6.07) is 0.383. The lowest BCUT2D eigenvalue weighted by Gasteiger charge is -2.31. The molecule has 3 aromatic heterocycles. The molecule has 1 saturated heterocycles. The van der Waals surface area contributed by atoms with Crippen LogP contribution in [0, 0.1) is 0 Å². The predicted octanol–water partition coefficient (Wildman–Crippen LogP) is 1.95. The molecule has 158 valence electrons. The molecule has 1 saturated carbocycles. The van der Waals surface area contributed by atoms with Gasteiger partial charge >= 0.3 is 5.69 Å². The van der Waals surface area contributed by atoms with Crippen LogP contribution in [-0.4, -0.2) is 54.0 Å². The fourth-order valence-electron chi connectivity index (χ4n) is 4.59. The SMILES string of the molecule is Cn1c(=O)n(C2CCCC2)c2nc(NC3CCN(C(=O)c4cocn4)CC3)ncc21. The standard InChI is InChI=1S/C20H25N7O3/c1-25-16-10-21-19(24-17(16)27(20(25)29)14-4-2-3-5-14)23-13-6-8-26(9-7-13)18(28)15-11-30-12-22-15/h10-14H,2-9H2,1H3,(H,21,23,24). The number of carbonyl (C=O) groups is 1. The number of hydrogen-bond acceptors (Lipinski definition) is 7. The summed E-state index contributed by atoms with van der Waals surface area (Å²) < 4.78 is 8.38. The van der Waals surface area contributed by atoms with Crippen LogP contribution >= 0.6 is 0 Å². The van der Waals surface area contributed by atoms with Gasteiger partial charge in [-0.05, 0) is 25.7 Å². The second-order valence-electron chi connectivity index (χ2n) is 8.14. The third-order valence-electron chi connectivity index (χ3n) is 6.29. The van der Waals surface area contributed by atoms with Gasteiger partial charge in [0.25, 0.3) is 5.91 Å². The molecule has 1 N–H and O–H groups in total. The van der Waals surface area contributed by atoms with Crippen molar-refractivity contribution in [2.24, 2.45) is 7.05 Å². The molecule has 2 aliphatic rings. The second kappa shape index (κ2) is 7.58. The summed E-state index contributed by atoms with van der Waals surface area (Å²) in [5.41, 5.74) is 1.77. The number of hydrogen-bond donors (Lipinski definition) is 1. The Morgan fingerprint density at radius 3 is 2.63 bits per heavy atom. The van der Waals surface area contributed by atoms with Crippen molar-refractivity contribution in [3.8, 4) is 0 Å². The highest BCUT2D eigenvalue weighted by atomic mass is 16.3. The van der Waals surface area contributed by atoms with E-state index in [1.54, 1.807) is 22.7 Å². The fraction of sp³-hybridized carbons (Fsp3) is 0.550. The normalized spacial score (nSPS) is 18.4. The van der Waals surface area contributed by atoms with Crippen molar-refractivity contribution in [2.75, 3.05) is 18.4 Å². The largest absolute Gasteiger partial charge is 0.451 e. The minimum absolute atomic E-state index is 0.0250. The number of rotatable bonds is 4. The number of nitrogens with zero attached hydrogens (tertiary/aromatic N) is 6. The zero-order chi connectivity index (χ0) is 20.7. The Balaban J connectivity index is 1.31. The summed E-state index contributed by atoms with van der Waals surface area (Å²) in [5, 5.41) is 3.39. The second-order valence-corrected chi connectivity index (χ2v) is 8.14. The van der Waals surface area contributed by atoms with Gasteiger partial charge < -0.3 is 14.6 Å². The Hall–Kier alpha value is -3.17. The van der Waals surface area contributed by atoms with Gasteiger partial charge in [-0.25, -0.2) is 14.8 Å². The summed E-state index contributed by atoms with van der Waals surface area (Å²) in [6.45, 7) is 1.26. The van der Waals surface area contributed by atoms with Crippen LogP contribution in [0.3, 0.4) is 0 Å². The van der Waals surface area contributed by atoms with E-state index in [-0.39, 0.29) is 23.7 Å². The minimum atomic E-state index is -0.107. The Morgan fingerprint density at radius 2 is 1.93 bits per heavy atom. The number of aryl methyl sites for hydroxylation is 1. The summed E-state index contributed by atoms with van der Waals surface area (Å²) in [7, 11) is 1.77.